The summed E-state index contributed by atoms with van der Waals surface area (Å²) in [7, 11) is 0. The molecule has 0 aliphatic heterocycles. The molecule has 0 N–H and O–H groups in total. The Bertz CT molecular complexity index is 233. The van der Waals surface area contributed by atoms with Crippen molar-refractivity contribution >= 4 is 15.9 Å². The van der Waals surface area contributed by atoms with Crippen molar-refractivity contribution in [2.75, 3.05) is 0 Å². The summed E-state index contributed by atoms with van der Waals surface area (Å²) in [5.74, 6) is 0. The first kappa shape index (κ1) is 9.79. The molecule has 0 radical (unpaired) electrons. The highest BCUT2D eigenvalue weighted by Gasteiger charge is 2.22. The summed E-state index contributed by atoms with van der Waals surface area (Å²) in [4.78, 5) is 0.436. The zero-order valence-electron chi connectivity index (χ0n) is 7.84. The van der Waals surface area contributed by atoms with Crippen LogP contribution in [-0.2, 0) is 0 Å². The van der Waals surface area contributed by atoms with E-state index in [0.717, 1.165) is 0 Å². The smallest absolute Gasteiger partial charge is 0.0443 e. The van der Waals surface area contributed by atoms with Gasteiger partial charge in [-0.25, -0.2) is 0 Å². The van der Waals surface area contributed by atoms with E-state index < -0.39 is 0 Å². The van der Waals surface area contributed by atoms with Gasteiger partial charge in [0, 0.05) is 4.83 Å². The van der Waals surface area contributed by atoms with Gasteiger partial charge in [-0.3, -0.25) is 0 Å². The molecule has 0 amide bonds. The van der Waals surface area contributed by atoms with E-state index in [2.05, 4.69) is 61.0 Å². The van der Waals surface area contributed by atoms with Crippen LogP contribution in [-0.4, -0.2) is 0 Å². The van der Waals surface area contributed by atoms with Gasteiger partial charge in [-0.1, -0.05) is 67.0 Å². The lowest BCUT2D eigenvalue weighted by atomic mass is 9.88. The van der Waals surface area contributed by atoms with Crippen LogP contribution in [0.15, 0.2) is 30.3 Å². The SMILES string of the molecule is CC(C)(C)C(Br)c1ccccc1. The molecule has 0 saturated heterocycles. The van der Waals surface area contributed by atoms with Crippen LogP contribution in [0.2, 0.25) is 0 Å². The standard InChI is InChI=1S/C11H15Br/c1-11(2,3)10(12)9-7-5-4-6-8-9/h4-8,10H,1-3H3. The maximum atomic E-state index is 3.71. The van der Waals surface area contributed by atoms with Crippen molar-refractivity contribution in [3.8, 4) is 0 Å². The summed E-state index contributed by atoms with van der Waals surface area (Å²) in [6.45, 7) is 6.71. The van der Waals surface area contributed by atoms with Crippen molar-refractivity contribution in [3.05, 3.63) is 35.9 Å². The lowest BCUT2D eigenvalue weighted by molar-refractivity contribution is 0.407. The minimum atomic E-state index is 0.279. The largest absolute Gasteiger partial charge is 0.0833 e. The van der Waals surface area contributed by atoms with Gasteiger partial charge in [0.1, 0.15) is 0 Å². The number of rotatable bonds is 1. The highest BCUT2D eigenvalue weighted by atomic mass is 79.9. The second kappa shape index (κ2) is 3.61. The van der Waals surface area contributed by atoms with Crippen LogP contribution in [0.4, 0.5) is 0 Å². The van der Waals surface area contributed by atoms with Crippen molar-refractivity contribution in [2.24, 2.45) is 5.41 Å². The molecule has 1 unspecified atom stereocenters. The predicted octanol–water partition coefficient (Wildman–Crippen LogP) is 4.17. The van der Waals surface area contributed by atoms with Gasteiger partial charge in [0.2, 0.25) is 0 Å². The lowest BCUT2D eigenvalue weighted by Crippen LogP contribution is -2.12. The third kappa shape index (κ3) is 2.34. The van der Waals surface area contributed by atoms with Crippen LogP contribution in [0.5, 0.6) is 0 Å². The summed E-state index contributed by atoms with van der Waals surface area (Å²) in [5, 5.41) is 0. The highest BCUT2D eigenvalue weighted by molar-refractivity contribution is 9.09. The van der Waals surface area contributed by atoms with Crippen LogP contribution >= 0.6 is 15.9 Å². The predicted molar refractivity (Wildman–Crippen MR) is 57.6 cm³/mol. The topological polar surface area (TPSA) is 0 Å². The third-order valence-corrected chi connectivity index (χ3v) is 3.75. The molecule has 1 aromatic rings. The normalized spacial score (nSPS) is 14.3. The first-order valence-corrected chi connectivity index (χ1v) is 5.12. The Morgan fingerprint density at radius 1 is 1.08 bits per heavy atom. The van der Waals surface area contributed by atoms with Gasteiger partial charge in [0.05, 0.1) is 0 Å². The second-order valence-corrected chi connectivity index (χ2v) is 5.05. The molecule has 1 atom stereocenters. The average molecular weight is 227 g/mol. The molecule has 0 saturated carbocycles. The molecule has 1 aromatic carbocycles. The second-order valence-electron chi connectivity index (χ2n) is 4.14. The van der Waals surface area contributed by atoms with Crippen LogP contribution in [0.1, 0.15) is 31.2 Å². The van der Waals surface area contributed by atoms with Crippen molar-refractivity contribution in [2.45, 2.75) is 25.6 Å². The molecule has 0 spiro atoms. The Morgan fingerprint density at radius 2 is 1.58 bits per heavy atom. The molecule has 66 valence electrons. The van der Waals surface area contributed by atoms with E-state index in [4.69, 9.17) is 0 Å². The van der Waals surface area contributed by atoms with Gasteiger partial charge in [0.25, 0.3) is 0 Å². The quantitative estimate of drug-likeness (QED) is 0.631. The van der Waals surface area contributed by atoms with E-state index in [1.165, 1.54) is 5.56 Å². The summed E-state index contributed by atoms with van der Waals surface area (Å²) in [6, 6.07) is 10.5. The first-order chi connectivity index (χ1) is 5.52. The maximum absolute atomic E-state index is 3.71. The van der Waals surface area contributed by atoms with E-state index in [1.807, 2.05) is 6.07 Å². The molecule has 0 aliphatic carbocycles. The van der Waals surface area contributed by atoms with E-state index in [9.17, 15) is 0 Å². The first-order valence-electron chi connectivity index (χ1n) is 4.21. The third-order valence-electron chi connectivity index (χ3n) is 1.85. The minimum Gasteiger partial charge on any atom is -0.0833 e. The summed E-state index contributed by atoms with van der Waals surface area (Å²) < 4.78 is 0. The molecule has 0 nitrogen and oxygen atoms in total. The maximum Gasteiger partial charge on any atom is 0.0443 e. The number of benzene rings is 1. The van der Waals surface area contributed by atoms with Gasteiger partial charge >= 0.3 is 0 Å². The van der Waals surface area contributed by atoms with Gasteiger partial charge in [-0.2, -0.15) is 0 Å². The Labute approximate surface area is 83.1 Å². The molecule has 0 heterocycles. The molecule has 0 aliphatic rings. The van der Waals surface area contributed by atoms with Crippen LogP contribution in [0, 0.1) is 5.41 Å². The molecule has 0 aromatic heterocycles. The molecule has 0 bridgehead atoms. The summed E-state index contributed by atoms with van der Waals surface area (Å²) in [6.07, 6.45) is 0. The Balaban J connectivity index is 2.86. The van der Waals surface area contributed by atoms with E-state index in [-0.39, 0.29) is 5.41 Å². The Morgan fingerprint density at radius 3 is 2.00 bits per heavy atom. The molecule has 1 rings (SSSR count). The summed E-state index contributed by atoms with van der Waals surface area (Å²) in [5.41, 5.74) is 1.63. The van der Waals surface area contributed by atoms with Gasteiger partial charge in [-0.15, -0.1) is 0 Å². The average Bonchev–Trinajstić information content (AvgIpc) is 2.03. The number of alkyl halides is 1. The minimum absolute atomic E-state index is 0.279. The Kier molecular flexibility index (Phi) is 2.94. The fourth-order valence-corrected chi connectivity index (χ4v) is 1.43. The summed E-state index contributed by atoms with van der Waals surface area (Å²) >= 11 is 3.71. The van der Waals surface area contributed by atoms with Gasteiger partial charge in [0.15, 0.2) is 0 Å². The zero-order chi connectivity index (χ0) is 9.19. The van der Waals surface area contributed by atoms with E-state index in [1.54, 1.807) is 0 Å². The number of hydrogen-bond acceptors (Lipinski definition) is 0. The Hall–Kier alpha value is -0.300. The van der Waals surface area contributed by atoms with E-state index in [0.29, 0.717) is 4.83 Å². The lowest BCUT2D eigenvalue weighted by Gasteiger charge is -2.25. The number of halogens is 1. The molecule has 1 heteroatoms. The van der Waals surface area contributed by atoms with Crippen molar-refractivity contribution < 1.29 is 0 Å². The van der Waals surface area contributed by atoms with Crippen LogP contribution in [0.3, 0.4) is 0 Å². The van der Waals surface area contributed by atoms with Crippen LogP contribution in [0.25, 0.3) is 0 Å². The van der Waals surface area contributed by atoms with Crippen molar-refractivity contribution in [3.63, 3.8) is 0 Å². The van der Waals surface area contributed by atoms with Gasteiger partial charge < -0.3 is 0 Å². The molecule has 12 heavy (non-hydrogen) atoms. The molecular weight excluding hydrogens is 212 g/mol. The van der Waals surface area contributed by atoms with Gasteiger partial charge in [-0.05, 0) is 11.0 Å². The fourth-order valence-electron chi connectivity index (χ4n) is 1.12. The zero-order valence-corrected chi connectivity index (χ0v) is 9.43. The molecular formula is C11H15Br. The van der Waals surface area contributed by atoms with Crippen LogP contribution < -0.4 is 0 Å². The van der Waals surface area contributed by atoms with Crippen molar-refractivity contribution in [1.82, 2.24) is 0 Å². The monoisotopic (exact) mass is 226 g/mol. The highest BCUT2D eigenvalue weighted by Crippen LogP contribution is 2.39. The fraction of sp³-hybridized carbons (Fsp3) is 0.455. The molecule has 0 fully saturated rings. The number of hydrogen-bond donors (Lipinski definition) is 0. The van der Waals surface area contributed by atoms with Crippen molar-refractivity contribution in [1.29, 1.82) is 0 Å². The van der Waals surface area contributed by atoms with E-state index >= 15 is 0 Å².